The van der Waals surface area contributed by atoms with E-state index in [1.165, 1.54) is 18.0 Å². The monoisotopic (exact) mass is 360 g/mol. The van der Waals surface area contributed by atoms with Gasteiger partial charge in [-0.3, -0.25) is 4.79 Å². The van der Waals surface area contributed by atoms with Gasteiger partial charge in [0.05, 0.1) is 32.4 Å². The number of carbonyl (C=O) groups is 1. The van der Waals surface area contributed by atoms with Gasteiger partial charge in [0.25, 0.3) is 0 Å². The fraction of sp³-hybridized carbons (Fsp3) is 0.538. The highest BCUT2D eigenvalue weighted by atomic mass is 35.5. The van der Waals surface area contributed by atoms with Crippen LogP contribution < -0.4 is 10.1 Å². The summed E-state index contributed by atoms with van der Waals surface area (Å²) < 4.78 is 12.0. The third-order valence-corrected chi connectivity index (χ3v) is 4.08. The molecule has 2 aromatic heterocycles. The van der Waals surface area contributed by atoms with E-state index in [0.717, 1.165) is 5.75 Å². The van der Waals surface area contributed by atoms with Crippen molar-refractivity contribution in [1.82, 2.24) is 25.1 Å². The second kappa shape index (κ2) is 8.32. The molecule has 0 bridgehead atoms. The van der Waals surface area contributed by atoms with E-state index in [9.17, 15) is 4.79 Å². The predicted molar refractivity (Wildman–Crippen MR) is 89.9 cm³/mol. The standard InChI is InChI=1S/C13H18ClN5O3S/c1-21-12-11-9(17-13(14)18-12)6-16-19(11)7-10(20)15-8-22-4-5-23(2)3/h6H,4-5,7-8H2,1-3H3/p+1. The van der Waals surface area contributed by atoms with Crippen LogP contribution in [0, 0.1) is 0 Å². The maximum absolute atomic E-state index is 12.0. The summed E-state index contributed by atoms with van der Waals surface area (Å²) >= 11 is 5.80. The number of aromatic nitrogens is 4. The summed E-state index contributed by atoms with van der Waals surface area (Å²) in [5.41, 5.74) is 1.04. The Bertz CT molecular complexity index is 679. The van der Waals surface area contributed by atoms with Crippen LogP contribution in [0.15, 0.2) is 6.20 Å². The first-order chi connectivity index (χ1) is 11.0. The average molecular weight is 361 g/mol. The number of nitrogens with zero attached hydrogens (tertiary/aromatic N) is 4. The molecule has 0 saturated heterocycles. The van der Waals surface area contributed by atoms with Crippen molar-refractivity contribution < 1.29 is 14.3 Å². The Morgan fingerprint density at radius 1 is 1.43 bits per heavy atom. The quantitative estimate of drug-likeness (QED) is 0.318. The van der Waals surface area contributed by atoms with Crippen molar-refractivity contribution in [3.63, 3.8) is 0 Å². The molecule has 0 aliphatic rings. The van der Waals surface area contributed by atoms with Gasteiger partial charge in [0.2, 0.25) is 17.1 Å². The van der Waals surface area contributed by atoms with Crippen molar-refractivity contribution in [1.29, 1.82) is 0 Å². The molecule has 1 N–H and O–H groups in total. The number of nitrogens with one attached hydrogen (secondary N) is 1. The minimum Gasteiger partial charge on any atom is -0.479 e. The molecule has 8 nitrogen and oxygen atoms in total. The molecule has 2 rings (SSSR count). The maximum Gasteiger partial charge on any atom is 0.244 e. The lowest BCUT2D eigenvalue weighted by molar-refractivity contribution is -0.123. The highest BCUT2D eigenvalue weighted by molar-refractivity contribution is 7.95. The number of hydrogen-bond acceptors (Lipinski definition) is 6. The van der Waals surface area contributed by atoms with Crippen molar-refractivity contribution in [2.24, 2.45) is 0 Å². The molecule has 0 atom stereocenters. The van der Waals surface area contributed by atoms with E-state index in [1.807, 2.05) is 0 Å². The summed E-state index contributed by atoms with van der Waals surface area (Å²) in [4.78, 5) is 20.0. The summed E-state index contributed by atoms with van der Waals surface area (Å²) in [5, 5.41) is 6.88. The first kappa shape index (κ1) is 17.8. The summed E-state index contributed by atoms with van der Waals surface area (Å²) in [5.74, 6) is 1.04. The molecule has 0 aliphatic heterocycles. The molecule has 2 heterocycles. The van der Waals surface area contributed by atoms with E-state index in [1.54, 1.807) is 0 Å². The lowest BCUT2D eigenvalue weighted by atomic mass is 10.4. The van der Waals surface area contributed by atoms with Crippen LogP contribution in [-0.2, 0) is 27.0 Å². The van der Waals surface area contributed by atoms with Gasteiger partial charge in [-0.05, 0) is 22.5 Å². The number of amides is 1. The Morgan fingerprint density at radius 3 is 2.91 bits per heavy atom. The van der Waals surface area contributed by atoms with Gasteiger partial charge >= 0.3 is 0 Å². The molecule has 0 fully saturated rings. The van der Waals surface area contributed by atoms with E-state index in [0.29, 0.717) is 28.5 Å². The van der Waals surface area contributed by atoms with Crippen LogP contribution in [0.3, 0.4) is 0 Å². The van der Waals surface area contributed by atoms with Crippen LogP contribution in [-0.4, -0.2) is 64.4 Å². The smallest absolute Gasteiger partial charge is 0.244 e. The Kier molecular flexibility index (Phi) is 6.43. The normalized spacial score (nSPS) is 11.2. The number of ether oxygens (including phenoxy) is 2. The number of rotatable bonds is 8. The van der Waals surface area contributed by atoms with Crippen LogP contribution in [0.5, 0.6) is 5.88 Å². The lowest BCUT2D eigenvalue weighted by Crippen LogP contribution is -2.30. The third kappa shape index (κ3) is 4.95. The van der Waals surface area contributed by atoms with Crippen LogP contribution in [0.2, 0.25) is 5.28 Å². The Morgan fingerprint density at radius 2 is 2.22 bits per heavy atom. The fourth-order valence-electron chi connectivity index (χ4n) is 1.82. The molecule has 1 amide bonds. The minimum absolute atomic E-state index is 0.0140. The molecule has 0 aliphatic carbocycles. The fourth-order valence-corrected chi connectivity index (χ4v) is 2.44. The van der Waals surface area contributed by atoms with Crippen molar-refractivity contribution in [3.05, 3.63) is 11.5 Å². The Balaban J connectivity index is 1.95. The van der Waals surface area contributed by atoms with E-state index in [-0.39, 0.29) is 30.3 Å². The third-order valence-electron chi connectivity index (χ3n) is 2.92. The predicted octanol–water partition coefficient (Wildman–Crippen LogP) is 0.457. The lowest BCUT2D eigenvalue weighted by Gasteiger charge is -2.08. The van der Waals surface area contributed by atoms with Crippen molar-refractivity contribution >= 4 is 39.4 Å². The second-order valence-electron chi connectivity index (χ2n) is 4.88. The molecule has 0 radical (unpaired) electrons. The molecule has 0 unspecified atom stereocenters. The maximum atomic E-state index is 12.0. The first-order valence-electron chi connectivity index (χ1n) is 6.83. The second-order valence-corrected chi connectivity index (χ2v) is 7.60. The van der Waals surface area contributed by atoms with Gasteiger partial charge in [0.15, 0.2) is 0 Å². The van der Waals surface area contributed by atoms with E-state index < -0.39 is 0 Å². The zero-order chi connectivity index (χ0) is 16.8. The molecular weight excluding hydrogens is 342 g/mol. The number of methoxy groups -OCH3 is 1. The molecule has 126 valence electrons. The van der Waals surface area contributed by atoms with Crippen LogP contribution in [0.25, 0.3) is 11.0 Å². The molecule has 23 heavy (non-hydrogen) atoms. The van der Waals surface area contributed by atoms with Crippen molar-refractivity contribution in [3.8, 4) is 5.88 Å². The van der Waals surface area contributed by atoms with Gasteiger partial charge in [-0.1, -0.05) is 0 Å². The van der Waals surface area contributed by atoms with E-state index in [4.69, 9.17) is 21.1 Å². The summed E-state index contributed by atoms with van der Waals surface area (Å²) in [6.45, 7) is 0.816. The van der Waals surface area contributed by atoms with E-state index in [2.05, 4.69) is 32.9 Å². The van der Waals surface area contributed by atoms with Crippen LogP contribution in [0.1, 0.15) is 0 Å². The van der Waals surface area contributed by atoms with Gasteiger partial charge in [-0.2, -0.15) is 10.1 Å². The van der Waals surface area contributed by atoms with Crippen molar-refractivity contribution in [2.45, 2.75) is 6.54 Å². The topological polar surface area (TPSA) is 91.2 Å². The molecule has 0 spiro atoms. The Hall–Kier alpha value is -1.58. The number of halogens is 1. The zero-order valence-corrected chi connectivity index (χ0v) is 14.8. The highest BCUT2D eigenvalue weighted by Crippen LogP contribution is 2.23. The van der Waals surface area contributed by atoms with Crippen LogP contribution in [0.4, 0.5) is 0 Å². The van der Waals surface area contributed by atoms with E-state index >= 15 is 0 Å². The molecule has 2 aromatic rings. The number of carbonyl (C=O) groups excluding carboxylic acids is 1. The van der Waals surface area contributed by atoms with Crippen LogP contribution >= 0.6 is 11.6 Å². The highest BCUT2D eigenvalue weighted by Gasteiger charge is 2.15. The summed E-state index contributed by atoms with van der Waals surface area (Å²) in [7, 11) is 1.80. The zero-order valence-electron chi connectivity index (χ0n) is 13.2. The van der Waals surface area contributed by atoms with Gasteiger partial charge in [-0.15, -0.1) is 0 Å². The Labute approximate surface area is 141 Å². The number of fused-ring (bicyclic) bond motifs is 1. The summed E-state index contributed by atoms with van der Waals surface area (Å²) in [6.07, 6.45) is 5.80. The van der Waals surface area contributed by atoms with Gasteiger partial charge in [0.1, 0.15) is 30.1 Å². The first-order valence-corrected chi connectivity index (χ1v) is 9.41. The van der Waals surface area contributed by atoms with Crippen molar-refractivity contribution in [2.75, 3.05) is 38.7 Å². The minimum atomic E-state index is -0.223. The van der Waals surface area contributed by atoms with Gasteiger partial charge < -0.3 is 14.8 Å². The molecular formula is C13H19ClN5O3S+. The number of hydrogen-bond donors (Lipinski definition) is 1. The molecule has 10 heteroatoms. The van der Waals surface area contributed by atoms with Gasteiger partial charge in [-0.25, -0.2) is 9.67 Å². The molecule has 0 saturated carbocycles. The SMILES string of the molecule is COc1nc(Cl)nc2cnn(CC(=O)NCOCC[S+](C)C)c12. The molecule has 0 aromatic carbocycles. The average Bonchev–Trinajstić information content (AvgIpc) is 2.88. The largest absolute Gasteiger partial charge is 0.479 e. The van der Waals surface area contributed by atoms with Gasteiger partial charge in [0, 0.05) is 0 Å². The summed E-state index contributed by atoms with van der Waals surface area (Å²) in [6, 6.07) is 0.